The van der Waals surface area contributed by atoms with Gasteiger partial charge in [-0.25, -0.2) is 9.78 Å². The second-order valence-corrected chi connectivity index (χ2v) is 6.31. The number of nitro benzene ring substituents is 1. The lowest BCUT2D eigenvalue weighted by Gasteiger charge is -2.08. The van der Waals surface area contributed by atoms with Crippen LogP contribution in [0.5, 0.6) is 0 Å². The lowest BCUT2D eigenvalue weighted by molar-refractivity contribution is -0.384. The number of nitrogens with one attached hydrogen (secondary N) is 2. The highest BCUT2D eigenvalue weighted by Crippen LogP contribution is 2.23. The summed E-state index contributed by atoms with van der Waals surface area (Å²) in [5.41, 5.74) is -0.441. The number of rotatable bonds is 3. The molecule has 0 spiro atoms. The molecule has 146 valence electrons. The first-order valence-electron chi connectivity index (χ1n) is 8.27. The van der Waals surface area contributed by atoms with Crippen LogP contribution in [-0.4, -0.2) is 35.1 Å². The van der Waals surface area contributed by atoms with Gasteiger partial charge in [0.2, 0.25) is 0 Å². The summed E-state index contributed by atoms with van der Waals surface area (Å²) in [6.07, 6.45) is 1.30. The number of benzene rings is 1. The number of non-ortho nitro benzene ring substituents is 1. The van der Waals surface area contributed by atoms with E-state index in [-0.39, 0.29) is 33.5 Å². The Kier molecular flexibility index (Phi) is 3.96. The van der Waals surface area contributed by atoms with Gasteiger partial charge in [-0.1, -0.05) is 0 Å². The summed E-state index contributed by atoms with van der Waals surface area (Å²) < 4.78 is 2.17. The number of pyridine rings is 1. The molecule has 0 radical (unpaired) electrons. The fourth-order valence-corrected chi connectivity index (χ4v) is 3.01. The predicted molar refractivity (Wildman–Crippen MR) is 103 cm³/mol. The number of hydrogen-bond donors (Lipinski definition) is 2. The third-order valence-corrected chi connectivity index (χ3v) is 4.52. The normalized spacial score (nSPS) is 11.1. The van der Waals surface area contributed by atoms with E-state index in [9.17, 15) is 24.5 Å². The first-order valence-corrected chi connectivity index (χ1v) is 8.27. The van der Waals surface area contributed by atoms with Crippen molar-refractivity contribution in [1.82, 2.24) is 24.3 Å². The Labute approximate surface area is 160 Å². The topological polar surface area (TPSA) is 158 Å². The van der Waals surface area contributed by atoms with Crippen molar-refractivity contribution < 1.29 is 9.72 Å². The minimum absolute atomic E-state index is 0.0443. The molecule has 1 aromatic carbocycles. The Morgan fingerprint density at radius 2 is 1.93 bits per heavy atom. The van der Waals surface area contributed by atoms with E-state index in [0.29, 0.717) is 5.52 Å². The average Bonchev–Trinajstić information content (AvgIpc) is 3.14. The standard InChI is InChI=1S/C17H13N7O5/c1-22-14-11(16(26)23(2)17(22)27)5-8(7-18-14)19-15(25)13-10-6-9(24(28)29)3-4-12(10)20-21-13/h3-7H,1-2H3,(H,19,25)(H,20,21). The number of anilines is 1. The zero-order valence-electron chi connectivity index (χ0n) is 15.2. The van der Waals surface area contributed by atoms with Gasteiger partial charge in [-0.05, 0) is 12.1 Å². The van der Waals surface area contributed by atoms with Gasteiger partial charge in [-0.2, -0.15) is 5.10 Å². The Morgan fingerprint density at radius 1 is 1.17 bits per heavy atom. The smallest absolute Gasteiger partial charge is 0.319 e. The number of carbonyl (C=O) groups is 1. The summed E-state index contributed by atoms with van der Waals surface area (Å²) in [6.45, 7) is 0. The number of aromatic amines is 1. The van der Waals surface area contributed by atoms with Gasteiger partial charge >= 0.3 is 5.69 Å². The van der Waals surface area contributed by atoms with Gasteiger partial charge in [-0.15, -0.1) is 0 Å². The number of amides is 1. The molecule has 0 bridgehead atoms. The molecule has 29 heavy (non-hydrogen) atoms. The molecule has 4 rings (SSSR count). The highest BCUT2D eigenvalue weighted by molar-refractivity contribution is 6.11. The van der Waals surface area contributed by atoms with E-state index < -0.39 is 22.1 Å². The van der Waals surface area contributed by atoms with E-state index in [1.165, 1.54) is 49.1 Å². The van der Waals surface area contributed by atoms with Gasteiger partial charge in [0.05, 0.1) is 27.7 Å². The zero-order chi connectivity index (χ0) is 20.9. The molecule has 0 aliphatic carbocycles. The van der Waals surface area contributed by atoms with E-state index in [4.69, 9.17) is 0 Å². The van der Waals surface area contributed by atoms with Gasteiger partial charge < -0.3 is 5.32 Å². The monoisotopic (exact) mass is 395 g/mol. The Hall–Kier alpha value is -4.35. The second-order valence-electron chi connectivity index (χ2n) is 6.31. The van der Waals surface area contributed by atoms with Crippen molar-refractivity contribution in [3.8, 4) is 0 Å². The van der Waals surface area contributed by atoms with Crippen molar-refractivity contribution in [2.75, 3.05) is 5.32 Å². The van der Waals surface area contributed by atoms with Crippen LogP contribution in [0, 0.1) is 10.1 Å². The van der Waals surface area contributed by atoms with E-state index in [0.717, 1.165) is 4.57 Å². The maximum atomic E-state index is 12.6. The van der Waals surface area contributed by atoms with Crippen LogP contribution in [0.2, 0.25) is 0 Å². The number of nitro groups is 1. The van der Waals surface area contributed by atoms with Crippen molar-refractivity contribution in [3.63, 3.8) is 0 Å². The van der Waals surface area contributed by atoms with Gasteiger partial charge in [0, 0.05) is 31.6 Å². The molecule has 0 aliphatic heterocycles. The lowest BCUT2D eigenvalue weighted by Crippen LogP contribution is -2.37. The average molecular weight is 395 g/mol. The quantitative estimate of drug-likeness (QED) is 0.381. The highest BCUT2D eigenvalue weighted by Gasteiger charge is 2.18. The molecule has 0 unspecified atom stereocenters. The van der Waals surface area contributed by atoms with Gasteiger partial charge in [0.25, 0.3) is 17.2 Å². The fourth-order valence-electron chi connectivity index (χ4n) is 3.01. The molecule has 0 atom stereocenters. The summed E-state index contributed by atoms with van der Waals surface area (Å²) in [6, 6.07) is 5.41. The van der Waals surface area contributed by atoms with Crippen LogP contribution < -0.4 is 16.6 Å². The van der Waals surface area contributed by atoms with Crippen LogP contribution in [0.4, 0.5) is 11.4 Å². The number of carbonyl (C=O) groups excluding carboxylic acids is 1. The van der Waals surface area contributed by atoms with Crippen LogP contribution in [0.1, 0.15) is 10.5 Å². The minimum atomic E-state index is -0.639. The maximum Gasteiger partial charge on any atom is 0.332 e. The summed E-state index contributed by atoms with van der Waals surface area (Å²) in [5, 5.41) is 20.5. The Morgan fingerprint density at radius 3 is 2.66 bits per heavy atom. The van der Waals surface area contributed by atoms with Crippen molar-refractivity contribution in [3.05, 3.63) is 67.1 Å². The number of H-pyrrole nitrogens is 1. The summed E-state index contributed by atoms with van der Waals surface area (Å²) >= 11 is 0. The number of hydrogen-bond acceptors (Lipinski definition) is 7. The van der Waals surface area contributed by atoms with Crippen molar-refractivity contribution >= 4 is 39.2 Å². The van der Waals surface area contributed by atoms with Crippen molar-refractivity contribution in [2.45, 2.75) is 0 Å². The van der Waals surface area contributed by atoms with E-state index in [1.54, 1.807) is 0 Å². The Bertz CT molecular complexity index is 1450. The fraction of sp³-hybridized carbons (Fsp3) is 0.118. The van der Waals surface area contributed by atoms with Crippen LogP contribution in [0.3, 0.4) is 0 Å². The lowest BCUT2D eigenvalue weighted by atomic mass is 10.2. The van der Waals surface area contributed by atoms with Crippen LogP contribution in [0.25, 0.3) is 21.9 Å². The predicted octanol–water partition coefficient (Wildman–Crippen LogP) is 0.669. The molecule has 12 heteroatoms. The van der Waals surface area contributed by atoms with Gasteiger partial charge in [0.1, 0.15) is 5.65 Å². The van der Waals surface area contributed by atoms with E-state index in [1.807, 2.05) is 0 Å². The molecule has 0 saturated carbocycles. The molecular weight excluding hydrogens is 382 g/mol. The van der Waals surface area contributed by atoms with Crippen LogP contribution >= 0.6 is 0 Å². The molecule has 3 heterocycles. The highest BCUT2D eigenvalue weighted by atomic mass is 16.6. The molecule has 0 fully saturated rings. The van der Waals surface area contributed by atoms with Crippen molar-refractivity contribution in [2.24, 2.45) is 14.1 Å². The van der Waals surface area contributed by atoms with Gasteiger partial charge in [-0.3, -0.25) is 33.9 Å². The number of nitrogens with zero attached hydrogens (tertiary/aromatic N) is 5. The zero-order valence-corrected chi connectivity index (χ0v) is 15.2. The maximum absolute atomic E-state index is 12.6. The molecule has 3 aromatic heterocycles. The first kappa shape index (κ1) is 18.0. The number of fused-ring (bicyclic) bond motifs is 2. The second kappa shape index (κ2) is 6.37. The number of aryl methyl sites for hydroxylation is 1. The Balaban J connectivity index is 1.76. The van der Waals surface area contributed by atoms with Crippen LogP contribution in [-0.2, 0) is 14.1 Å². The van der Waals surface area contributed by atoms with E-state index >= 15 is 0 Å². The first-order chi connectivity index (χ1) is 13.8. The molecule has 12 nitrogen and oxygen atoms in total. The third-order valence-electron chi connectivity index (χ3n) is 4.52. The molecule has 0 aliphatic rings. The summed E-state index contributed by atoms with van der Waals surface area (Å²) in [5.74, 6) is -0.639. The molecule has 1 amide bonds. The largest absolute Gasteiger partial charge is 0.332 e. The summed E-state index contributed by atoms with van der Waals surface area (Å²) in [7, 11) is 2.83. The molecule has 4 aromatic rings. The summed E-state index contributed by atoms with van der Waals surface area (Å²) in [4.78, 5) is 51.5. The van der Waals surface area contributed by atoms with Crippen LogP contribution in [0.15, 0.2) is 40.1 Å². The molecule has 2 N–H and O–H groups in total. The SMILES string of the molecule is Cn1c(=O)c2cc(NC(=O)c3n[nH]c4ccc([N+](=O)[O-])cc34)cnc2n(C)c1=O. The van der Waals surface area contributed by atoms with Gasteiger partial charge in [0.15, 0.2) is 5.69 Å². The third kappa shape index (κ3) is 2.82. The minimum Gasteiger partial charge on any atom is -0.319 e. The molecule has 0 saturated heterocycles. The van der Waals surface area contributed by atoms with Crippen molar-refractivity contribution in [1.29, 1.82) is 0 Å². The number of aromatic nitrogens is 5. The molecular formula is C17H13N7O5. The van der Waals surface area contributed by atoms with E-state index in [2.05, 4.69) is 20.5 Å².